The van der Waals surface area contributed by atoms with E-state index in [4.69, 9.17) is 0 Å². The Hall–Kier alpha value is -0.900. The quantitative estimate of drug-likeness (QED) is 0.311. The highest BCUT2D eigenvalue weighted by Crippen LogP contribution is 2.42. The molecule has 92 valence electrons. The molecular formula is C16H8Br2S. The highest BCUT2D eigenvalue weighted by atomic mass is 79.9. The first-order valence-corrected chi connectivity index (χ1v) is 8.33. The van der Waals surface area contributed by atoms with E-state index in [1.54, 1.807) is 0 Å². The molecule has 0 spiro atoms. The summed E-state index contributed by atoms with van der Waals surface area (Å²) >= 11 is 9.11. The molecule has 0 atom stereocenters. The monoisotopic (exact) mass is 390 g/mol. The third-order valence-electron chi connectivity index (χ3n) is 3.38. The average molecular weight is 392 g/mol. The van der Waals surface area contributed by atoms with Gasteiger partial charge in [0, 0.05) is 29.1 Å². The predicted molar refractivity (Wildman–Crippen MR) is 92.2 cm³/mol. The zero-order valence-corrected chi connectivity index (χ0v) is 13.8. The summed E-state index contributed by atoms with van der Waals surface area (Å²) in [4.78, 5) is 0. The Labute approximate surface area is 131 Å². The normalized spacial score (nSPS) is 11.7. The minimum atomic E-state index is 1.11. The molecule has 1 heterocycles. The van der Waals surface area contributed by atoms with Crippen LogP contribution < -0.4 is 0 Å². The van der Waals surface area contributed by atoms with Crippen LogP contribution in [-0.4, -0.2) is 0 Å². The smallest absolute Gasteiger partial charge is 0.0498 e. The molecule has 0 amide bonds. The molecule has 3 aromatic carbocycles. The zero-order valence-electron chi connectivity index (χ0n) is 9.78. The minimum Gasteiger partial charge on any atom is -0.133 e. The van der Waals surface area contributed by atoms with Gasteiger partial charge in [-0.25, -0.2) is 0 Å². The number of hydrogen-bond acceptors (Lipinski definition) is 1. The Kier molecular flexibility index (Phi) is 2.69. The van der Waals surface area contributed by atoms with Gasteiger partial charge in [0.25, 0.3) is 0 Å². The van der Waals surface area contributed by atoms with Crippen LogP contribution in [0.2, 0.25) is 0 Å². The molecule has 4 aromatic rings. The lowest BCUT2D eigenvalue weighted by Crippen LogP contribution is -1.72. The lowest BCUT2D eigenvalue weighted by molar-refractivity contribution is 1.73. The molecule has 0 aliphatic heterocycles. The van der Waals surface area contributed by atoms with E-state index in [-0.39, 0.29) is 0 Å². The van der Waals surface area contributed by atoms with Crippen molar-refractivity contribution in [1.82, 2.24) is 0 Å². The molecule has 0 bridgehead atoms. The van der Waals surface area contributed by atoms with Crippen molar-refractivity contribution in [2.24, 2.45) is 0 Å². The van der Waals surface area contributed by atoms with Crippen LogP contribution in [0.4, 0.5) is 0 Å². The fraction of sp³-hybridized carbons (Fsp3) is 0. The van der Waals surface area contributed by atoms with Crippen LogP contribution in [0.25, 0.3) is 30.9 Å². The summed E-state index contributed by atoms with van der Waals surface area (Å²) in [6.07, 6.45) is 0. The molecule has 0 nitrogen and oxygen atoms in total. The van der Waals surface area contributed by atoms with Crippen LogP contribution in [-0.2, 0) is 0 Å². The van der Waals surface area contributed by atoms with Crippen LogP contribution in [0.5, 0.6) is 0 Å². The largest absolute Gasteiger partial charge is 0.133 e. The Morgan fingerprint density at radius 1 is 0.737 bits per heavy atom. The molecule has 0 aliphatic carbocycles. The van der Waals surface area contributed by atoms with E-state index in [1.807, 2.05) is 11.3 Å². The summed E-state index contributed by atoms with van der Waals surface area (Å²) in [5.74, 6) is 0. The van der Waals surface area contributed by atoms with Gasteiger partial charge < -0.3 is 0 Å². The number of benzene rings is 3. The second-order valence-corrected chi connectivity index (χ2v) is 7.32. The van der Waals surface area contributed by atoms with Gasteiger partial charge in [-0.05, 0) is 38.8 Å². The SMILES string of the molecule is Brc1cc(Br)c2sc3c4ccccc4ccc3c2c1. The third-order valence-corrected chi connectivity index (χ3v) is 6.02. The fourth-order valence-electron chi connectivity index (χ4n) is 2.53. The van der Waals surface area contributed by atoms with Crippen LogP contribution in [0.15, 0.2) is 57.5 Å². The van der Waals surface area contributed by atoms with Crippen molar-refractivity contribution in [2.75, 3.05) is 0 Å². The van der Waals surface area contributed by atoms with E-state index >= 15 is 0 Å². The van der Waals surface area contributed by atoms with Gasteiger partial charge in [0.05, 0.1) is 0 Å². The number of rotatable bonds is 0. The molecule has 0 aliphatic rings. The van der Waals surface area contributed by atoms with Crippen molar-refractivity contribution in [3.63, 3.8) is 0 Å². The summed E-state index contributed by atoms with van der Waals surface area (Å²) in [5, 5.41) is 5.29. The Morgan fingerprint density at radius 2 is 1.58 bits per heavy atom. The van der Waals surface area contributed by atoms with Crippen molar-refractivity contribution in [2.45, 2.75) is 0 Å². The number of fused-ring (bicyclic) bond motifs is 5. The van der Waals surface area contributed by atoms with Crippen molar-refractivity contribution >= 4 is 74.1 Å². The Bertz CT molecular complexity index is 938. The minimum absolute atomic E-state index is 1.11. The maximum absolute atomic E-state index is 3.67. The molecule has 0 saturated carbocycles. The summed E-state index contributed by atoms with van der Waals surface area (Å²) in [6.45, 7) is 0. The van der Waals surface area contributed by atoms with Gasteiger partial charge in [-0.2, -0.15) is 0 Å². The van der Waals surface area contributed by atoms with E-state index in [0.717, 1.165) is 8.95 Å². The van der Waals surface area contributed by atoms with Gasteiger partial charge in [0.15, 0.2) is 0 Å². The molecule has 3 heteroatoms. The van der Waals surface area contributed by atoms with Crippen LogP contribution in [0.1, 0.15) is 0 Å². The van der Waals surface area contributed by atoms with Crippen molar-refractivity contribution in [3.8, 4) is 0 Å². The summed E-state index contributed by atoms with van der Waals surface area (Å²) < 4.78 is 4.95. The Morgan fingerprint density at radius 3 is 2.47 bits per heavy atom. The lowest BCUT2D eigenvalue weighted by Gasteiger charge is -1.99. The molecule has 0 N–H and O–H groups in total. The first-order chi connectivity index (χ1) is 9.24. The lowest BCUT2D eigenvalue weighted by atomic mass is 10.1. The molecule has 0 saturated heterocycles. The molecule has 1 aromatic heterocycles. The predicted octanol–water partition coefficient (Wildman–Crippen LogP) is 6.73. The standard InChI is InChI=1S/C16H8Br2S/c17-10-7-13-12-6-5-9-3-1-2-4-11(9)15(12)19-16(13)14(18)8-10/h1-8H. The first kappa shape index (κ1) is 11.9. The zero-order chi connectivity index (χ0) is 13.0. The van der Waals surface area contributed by atoms with E-state index in [1.165, 1.54) is 30.9 Å². The number of halogens is 2. The summed E-state index contributed by atoms with van der Waals surface area (Å²) in [5.41, 5.74) is 0. The third kappa shape index (κ3) is 1.76. The molecular weight excluding hydrogens is 384 g/mol. The summed E-state index contributed by atoms with van der Waals surface area (Å²) in [6, 6.07) is 17.3. The molecule has 0 fully saturated rings. The van der Waals surface area contributed by atoms with Gasteiger partial charge >= 0.3 is 0 Å². The highest BCUT2D eigenvalue weighted by Gasteiger charge is 2.11. The average Bonchev–Trinajstić information content (AvgIpc) is 2.78. The van der Waals surface area contributed by atoms with E-state index < -0.39 is 0 Å². The fourth-order valence-corrected chi connectivity index (χ4v) is 5.22. The van der Waals surface area contributed by atoms with Gasteiger partial charge in [0.1, 0.15) is 0 Å². The maximum atomic E-state index is 3.67. The van der Waals surface area contributed by atoms with E-state index in [0.29, 0.717) is 0 Å². The first-order valence-electron chi connectivity index (χ1n) is 5.93. The van der Waals surface area contributed by atoms with Gasteiger partial charge in [-0.3, -0.25) is 0 Å². The molecule has 0 unspecified atom stereocenters. The topological polar surface area (TPSA) is 0 Å². The van der Waals surface area contributed by atoms with Crippen LogP contribution >= 0.6 is 43.2 Å². The summed E-state index contributed by atoms with van der Waals surface area (Å²) in [7, 11) is 0. The van der Waals surface area contributed by atoms with Gasteiger partial charge in [0.2, 0.25) is 0 Å². The van der Waals surface area contributed by atoms with Crippen molar-refractivity contribution in [1.29, 1.82) is 0 Å². The van der Waals surface area contributed by atoms with E-state index in [2.05, 4.69) is 80.4 Å². The highest BCUT2D eigenvalue weighted by molar-refractivity contribution is 9.11. The van der Waals surface area contributed by atoms with Crippen LogP contribution in [0.3, 0.4) is 0 Å². The van der Waals surface area contributed by atoms with Gasteiger partial charge in [-0.15, -0.1) is 11.3 Å². The molecule has 19 heavy (non-hydrogen) atoms. The van der Waals surface area contributed by atoms with Crippen molar-refractivity contribution in [3.05, 3.63) is 57.5 Å². The molecule has 0 radical (unpaired) electrons. The van der Waals surface area contributed by atoms with Crippen LogP contribution in [0, 0.1) is 0 Å². The number of hydrogen-bond donors (Lipinski definition) is 0. The maximum Gasteiger partial charge on any atom is 0.0498 e. The van der Waals surface area contributed by atoms with Gasteiger partial charge in [-0.1, -0.05) is 52.3 Å². The van der Waals surface area contributed by atoms with E-state index in [9.17, 15) is 0 Å². The second kappa shape index (κ2) is 4.30. The number of thiophene rings is 1. The van der Waals surface area contributed by atoms with Crippen molar-refractivity contribution < 1.29 is 0 Å². The Balaban J connectivity index is 2.31. The molecule has 4 rings (SSSR count). The second-order valence-electron chi connectivity index (χ2n) is 4.53.